The van der Waals surface area contributed by atoms with Crippen molar-refractivity contribution >= 4 is 43.5 Å². The summed E-state index contributed by atoms with van der Waals surface area (Å²) in [6.07, 6.45) is 0. The summed E-state index contributed by atoms with van der Waals surface area (Å²) < 4.78 is 1.73. The molecule has 0 atom stereocenters. The molecule has 0 aliphatic rings. The van der Waals surface area contributed by atoms with E-state index in [-0.39, 0.29) is 5.41 Å². The molecule has 0 radical (unpaired) electrons. The smallest absolute Gasteiger partial charge is 0.162 e. The van der Waals surface area contributed by atoms with Crippen LogP contribution in [0.25, 0.3) is 11.4 Å². The Hall–Kier alpha value is -0.450. The van der Waals surface area contributed by atoms with Crippen LogP contribution in [-0.2, 0) is 5.41 Å². The standard InChI is InChI=1S/C15H15Br2ClN2/c1-8-5-6-9(10(16)7-8)14-19-12(15(2,3)4)11(17)13(18)20-14/h5-7H,1-4H3. The summed E-state index contributed by atoms with van der Waals surface area (Å²) in [5, 5.41) is 0.437. The van der Waals surface area contributed by atoms with Gasteiger partial charge >= 0.3 is 0 Å². The number of aromatic nitrogens is 2. The number of halogens is 3. The van der Waals surface area contributed by atoms with Gasteiger partial charge in [0, 0.05) is 15.5 Å². The fraction of sp³-hybridized carbons (Fsp3) is 0.333. The molecule has 0 unspecified atom stereocenters. The summed E-state index contributed by atoms with van der Waals surface area (Å²) >= 11 is 13.3. The van der Waals surface area contributed by atoms with Gasteiger partial charge in [-0.3, -0.25) is 0 Å². The number of benzene rings is 1. The van der Waals surface area contributed by atoms with Crippen molar-refractivity contribution in [1.82, 2.24) is 9.97 Å². The maximum absolute atomic E-state index is 6.25. The molecule has 2 rings (SSSR count). The first-order valence-corrected chi connectivity index (χ1v) is 8.16. The second kappa shape index (κ2) is 5.74. The molecule has 5 heteroatoms. The predicted octanol–water partition coefficient (Wildman–Crippen LogP) is 5.93. The maximum atomic E-state index is 6.25. The third kappa shape index (κ3) is 3.23. The fourth-order valence-corrected chi connectivity index (χ4v) is 3.45. The third-order valence-corrected chi connectivity index (χ3v) is 4.80. The molecule has 1 heterocycles. The Morgan fingerprint density at radius 2 is 1.75 bits per heavy atom. The van der Waals surface area contributed by atoms with Crippen LogP contribution >= 0.6 is 43.5 Å². The molecule has 0 saturated heterocycles. The first-order valence-electron chi connectivity index (χ1n) is 6.20. The lowest BCUT2D eigenvalue weighted by Gasteiger charge is -2.20. The van der Waals surface area contributed by atoms with Gasteiger partial charge in [-0.2, -0.15) is 0 Å². The molecule has 0 aliphatic carbocycles. The van der Waals surface area contributed by atoms with E-state index in [0.717, 1.165) is 20.2 Å². The highest BCUT2D eigenvalue weighted by atomic mass is 79.9. The number of hydrogen-bond acceptors (Lipinski definition) is 2. The van der Waals surface area contributed by atoms with Crippen LogP contribution in [-0.4, -0.2) is 9.97 Å². The molecule has 0 N–H and O–H groups in total. The molecule has 1 aromatic carbocycles. The van der Waals surface area contributed by atoms with Gasteiger partial charge in [0.15, 0.2) is 5.82 Å². The Morgan fingerprint density at radius 3 is 2.30 bits per heavy atom. The fourth-order valence-electron chi connectivity index (χ4n) is 1.84. The minimum Gasteiger partial charge on any atom is -0.231 e. The molecule has 1 aromatic heterocycles. The molecule has 20 heavy (non-hydrogen) atoms. The van der Waals surface area contributed by atoms with Crippen molar-refractivity contribution in [3.05, 3.63) is 43.6 Å². The zero-order valence-corrected chi connectivity index (χ0v) is 15.7. The number of nitrogens with zero attached hydrogens (tertiary/aromatic N) is 2. The van der Waals surface area contributed by atoms with E-state index >= 15 is 0 Å². The first-order chi connectivity index (χ1) is 9.20. The molecular weight excluding hydrogens is 403 g/mol. The van der Waals surface area contributed by atoms with Crippen molar-refractivity contribution in [3.63, 3.8) is 0 Å². The largest absolute Gasteiger partial charge is 0.231 e. The molecule has 0 spiro atoms. The van der Waals surface area contributed by atoms with E-state index in [1.54, 1.807) is 0 Å². The van der Waals surface area contributed by atoms with E-state index in [1.165, 1.54) is 5.56 Å². The van der Waals surface area contributed by atoms with Gasteiger partial charge in [-0.15, -0.1) is 0 Å². The highest BCUT2D eigenvalue weighted by Crippen LogP contribution is 2.35. The highest BCUT2D eigenvalue weighted by Gasteiger charge is 2.23. The topological polar surface area (TPSA) is 25.8 Å². The van der Waals surface area contributed by atoms with Gasteiger partial charge in [0.05, 0.1) is 10.2 Å². The summed E-state index contributed by atoms with van der Waals surface area (Å²) in [5.41, 5.74) is 2.91. The summed E-state index contributed by atoms with van der Waals surface area (Å²) in [6.45, 7) is 8.35. The Kier molecular flexibility index (Phi) is 4.57. The summed E-state index contributed by atoms with van der Waals surface area (Å²) in [4.78, 5) is 9.08. The number of rotatable bonds is 1. The molecule has 2 aromatic rings. The molecule has 0 bridgehead atoms. The lowest BCUT2D eigenvalue weighted by Crippen LogP contribution is -2.16. The van der Waals surface area contributed by atoms with E-state index in [4.69, 9.17) is 16.6 Å². The Bertz CT molecular complexity index is 664. The predicted molar refractivity (Wildman–Crippen MR) is 91.3 cm³/mol. The van der Waals surface area contributed by atoms with Gasteiger partial charge in [-0.25, -0.2) is 9.97 Å². The minimum absolute atomic E-state index is 0.114. The van der Waals surface area contributed by atoms with Crippen LogP contribution < -0.4 is 0 Å². The van der Waals surface area contributed by atoms with E-state index in [0.29, 0.717) is 11.0 Å². The van der Waals surface area contributed by atoms with Gasteiger partial charge < -0.3 is 0 Å². The van der Waals surface area contributed by atoms with Crippen molar-refractivity contribution in [2.24, 2.45) is 0 Å². The quantitative estimate of drug-likeness (QED) is 0.537. The highest BCUT2D eigenvalue weighted by molar-refractivity contribution is 9.11. The van der Waals surface area contributed by atoms with Gasteiger partial charge in [-0.05, 0) is 40.5 Å². The normalized spacial score (nSPS) is 11.8. The molecule has 0 fully saturated rings. The van der Waals surface area contributed by atoms with E-state index in [2.05, 4.69) is 57.6 Å². The van der Waals surface area contributed by atoms with Crippen molar-refractivity contribution in [1.29, 1.82) is 0 Å². The zero-order valence-electron chi connectivity index (χ0n) is 11.8. The first kappa shape index (κ1) is 15.9. The second-order valence-corrected chi connectivity index (χ2v) is 7.74. The minimum atomic E-state index is -0.114. The molecule has 0 amide bonds. The summed E-state index contributed by atoms with van der Waals surface area (Å²) in [7, 11) is 0. The van der Waals surface area contributed by atoms with E-state index in [1.807, 2.05) is 25.1 Å². The SMILES string of the molecule is Cc1ccc(-c2nc(Cl)c(Br)c(C(C)(C)C)n2)c(Br)c1. The average molecular weight is 419 g/mol. The van der Waals surface area contributed by atoms with Crippen molar-refractivity contribution in [2.45, 2.75) is 33.1 Å². The van der Waals surface area contributed by atoms with Crippen LogP contribution in [0.1, 0.15) is 32.0 Å². The van der Waals surface area contributed by atoms with Gasteiger partial charge in [-0.1, -0.05) is 54.4 Å². The van der Waals surface area contributed by atoms with Crippen LogP contribution in [0.15, 0.2) is 27.1 Å². The Balaban J connectivity index is 2.67. The van der Waals surface area contributed by atoms with Crippen molar-refractivity contribution in [2.75, 3.05) is 0 Å². The summed E-state index contributed by atoms with van der Waals surface area (Å²) in [5.74, 6) is 0.634. The Labute approximate surface area is 141 Å². The summed E-state index contributed by atoms with van der Waals surface area (Å²) in [6, 6.07) is 6.09. The van der Waals surface area contributed by atoms with Crippen LogP contribution in [0, 0.1) is 6.92 Å². The lowest BCUT2D eigenvalue weighted by atomic mass is 9.92. The van der Waals surface area contributed by atoms with Gasteiger partial charge in [0.2, 0.25) is 0 Å². The molecule has 0 aliphatic heterocycles. The van der Waals surface area contributed by atoms with Gasteiger partial charge in [0.25, 0.3) is 0 Å². The van der Waals surface area contributed by atoms with E-state index in [9.17, 15) is 0 Å². The van der Waals surface area contributed by atoms with Crippen LogP contribution in [0.2, 0.25) is 5.15 Å². The lowest BCUT2D eigenvalue weighted by molar-refractivity contribution is 0.564. The van der Waals surface area contributed by atoms with Gasteiger partial charge in [0.1, 0.15) is 5.15 Å². The molecule has 2 nitrogen and oxygen atoms in total. The number of hydrogen-bond donors (Lipinski definition) is 0. The second-order valence-electron chi connectivity index (χ2n) is 5.73. The van der Waals surface area contributed by atoms with Crippen molar-refractivity contribution in [3.8, 4) is 11.4 Å². The molecule has 106 valence electrons. The monoisotopic (exact) mass is 416 g/mol. The van der Waals surface area contributed by atoms with Crippen LogP contribution in [0.4, 0.5) is 0 Å². The zero-order chi connectivity index (χ0) is 15.1. The molecule has 0 saturated carbocycles. The molecular formula is C15H15Br2ClN2. The Morgan fingerprint density at radius 1 is 1.10 bits per heavy atom. The van der Waals surface area contributed by atoms with E-state index < -0.39 is 0 Å². The number of aryl methyl sites for hydroxylation is 1. The average Bonchev–Trinajstić information content (AvgIpc) is 2.31. The third-order valence-electron chi connectivity index (χ3n) is 2.89. The van der Waals surface area contributed by atoms with Crippen LogP contribution in [0.3, 0.4) is 0 Å². The van der Waals surface area contributed by atoms with Crippen LogP contribution in [0.5, 0.6) is 0 Å². The maximum Gasteiger partial charge on any atom is 0.162 e. The van der Waals surface area contributed by atoms with Crippen molar-refractivity contribution < 1.29 is 0 Å².